The van der Waals surface area contributed by atoms with Crippen molar-refractivity contribution in [2.24, 2.45) is 0 Å². The van der Waals surface area contributed by atoms with E-state index in [0.29, 0.717) is 0 Å². The normalized spacial score (nSPS) is 12.4. The van der Waals surface area contributed by atoms with Gasteiger partial charge >= 0.3 is 0 Å². The molecule has 2 heteroatoms. The lowest BCUT2D eigenvalue weighted by Crippen LogP contribution is -2.22. The molecule has 0 bridgehead atoms. The molecule has 1 rings (SSSR count). The summed E-state index contributed by atoms with van der Waals surface area (Å²) >= 11 is 0. The Labute approximate surface area is 97.4 Å². The van der Waals surface area contributed by atoms with Gasteiger partial charge in [-0.1, -0.05) is 25.1 Å². The summed E-state index contributed by atoms with van der Waals surface area (Å²) in [6.45, 7) is 8.61. The van der Waals surface area contributed by atoms with E-state index in [4.69, 9.17) is 0 Å². The standard InChI is InChI=1S/C14H20FN/c1-4-6-14(16-9-5-2)12-8-7-11(3)10-13(12)15/h4,7-8,10,14,16H,1,5-6,9H2,2-3H3. The molecule has 16 heavy (non-hydrogen) atoms. The molecule has 88 valence electrons. The Morgan fingerprint density at radius 2 is 2.25 bits per heavy atom. The van der Waals surface area contributed by atoms with Gasteiger partial charge in [-0.3, -0.25) is 0 Å². The molecule has 1 unspecified atom stereocenters. The summed E-state index contributed by atoms with van der Waals surface area (Å²) < 4.78 is 13.8. The first kappa shape index (κ1) is 12.9. The molecule has 0 radical (unpaired) electrons. The van der Waals surface area contributed by atoms with Crippen molar-refractivity contribution in [3.8, 4) is 0 Å². The predicted molar refractivity (Wildman–Crippen MR) is 67.0 cm³/mol. The van der Waals surface area contributed by atoms with Crippen LogP contribution in [0.1, 0.15) is 36.9 Å². The second kappa shape index (κ2) is 6.44. The highest BCUT2D eigenvalue weighted by atomic mass is 19.1. The van der Waals surface area contributed by atoms with E-state index < -0.39 is 0 Å². The van der Waals surface area contributed by atoms with E-state index in [1.54, 1.807) is 6.07 Å². The zero-order valence-electron chi connectivity index (χ0n) is 10.1. The van der Waals surface area contributed by atoms with Crippen LogP contribution in [0.5, 0.6) is 0 Å². The molecule has 0 aliphatic carbocycles. The second-order valence-electron chi connectivity index (χ2n) is 4.06. The fourth-order valence-corrected chi connectivity index (χ4v) is 1.72. The molecule has 0 fully saturated rings. The van der Waals surface area contributed by atoms with Crippen molar-refractivity contribution in [1.29, 1.82) is 0 Å². The van der Waals surface area contributed by atoms with Crippen molar-refractivity contribution in [2.75, 3.05) is 6.54 Å². The molecule has 1 aromatic carbocycles. The van der Waals surface area contributed by atoms with Crippen molar-refractivity contribution < 1.29 is 4.39 Å². The summed E-state index contributed by atoms with van der Waals surface area (Å²) in [6, 6.07) is 5.43. The number of benzene rings is 1. The van der Waals surface area contributed by atoms with Gasteiger partial charge in [-0.05, 0) is 37.9 Å². The van der Waals surface area contributed by atoms with Crippen molar-refractivity contribution in [1.82, 2.24) is 5.32 Å². The lowest BCUT2D eigenvalue weighted by atomic mass is 10.0. The second-order valence-corrected chi connectivity index (χ2v) is 4.06. The first-order valence-corrected chi connectivity index (χ1v) is 5.79. The van der Waals surface area contributed by atoms with Gasteiger partial charge in [-0.25, -0.2) is 4.39 Å². The Bertz CT molecular complexity index is 347. The summed E-state index contributed by atoms with van der Waals surface area (Å²) in [5, 5.41) is 3.34. The quantitative estimate of drug-likeness (QED) is 0.721. The van der Waals surface area contributed by atoms with Crippen LogP contribution in [-0.4, -0.2) is 6.54 Å². The van der Waals surface area contributed by atoms with Crippen molar-refractivity contribution in [3.05, 3.63) is 47.8 Å². The molecule has 0 saturated heterocycles. The molecule has 0 aliphatic rings. The predicted octanol–water partition coefficient (Wildman–Crippen LogP) is 3.75. The zero-order chi connectivity index (χ0) is 12.0. The van der Waals surface area contributed by atoms with E-state index >= 15 is 0 Å². The Balaban J connectivity index is 2.86. The van der Waals surface area contributed by atoms with E-state index in [0.717, 1.165) is 30.5 Å². The van der Waals surface area contributed by atoms with E-state index in [9.17, 15) is 4.39 Å². The number of nitrogens with one attached hydrogen (secondary N) is 1. The van der Waals surface area contributed by atoms with Gasteiger partial charge in [0.15, 0.2) is 0 Å². The number of aryl methyl sites for hydroxylation is 1. The molecule has 0 spiro atoms. The average Bonchev–Trinajstić information content (AvgIpc) is 2.25. The Morgan fingerprint density at radius 3 is 2.81 bits per heavy atom. The van der Waals surface area contributed by atoms with Gasteiger partial charge < -0.3 is 5.32 Å². The number of hydrogen-bond donors (Lipinski definition) is 1. The molecule has 1 atom stereocenters. The van der Waals surface area contributed by atoms with Gasteiger partial charge in [0.2, 0.25) is 0 Å². The Hall–Kier alpha value is -1.15. The molecular weight excluding hydrogens is 201 g/mol. The minimum atomic E-state index is -0.129. The topological polar surface area (TPSA) is 12.0 Å². The third kappa shape index (κ3) is 3.46. The molecule has 0 amide bonds. The SMILES string of the molecule is C=CCC(NCCC)c1ccc(C)cc1F. The molecule has 1 aromatic rings. The van der Waals surface area contributed by atoms with Crippen LogP contribution in [-0.2, 0) is 0 Å². The highest BCUT2D eigenvalue weighted by Gasteiger charge is 2.13. The fraction of sp³-hybridized carbons (Fsp3) is 0.429. The maximum atomic E-state index is 13.8. The monoisotopic (exact) mass is 221 g/mol. The molecule has 0 aromatic heterocycles. The van der Waals surface area contributed by atoms with Gasteiger partial charge in [-0.2, -0.15) is 0 Å². The lowest BCUT2D eigenvalue weighted by Gasteiger charge is -2.18. The number of halogens is 1. The third-order valence-corrected chi connectivity index (χ3v) is 2.57. The van der Waals surface area contributed by atoms with Crippen LogP contribution in [0.15, 0.2) is 30.9 Å². The maximum absolute atomic E-state index is 13.8. The molecule has 1 N–H and O–H groups in total. The van der Waals surface area contributed by atoms with Crippen LogP contribution in [0.4, 0.5) is 4.39 Å². The highest BCUT2D eigenvalue weighted by molar-refractivity contribution is 5.26. The van der Waals surface area contributed by atoms with Gasteiger partial charge in [0.25, 0.3) is 0 Å². The smallest absolute Gasteiger partial charge is 0.128 e. The van der Waals surface area contributed by atoms with Gasteiger partial charge in [0.1, 0.15) is 5.82 Å². The van der Waals surface area contributed by atoms with Gasteiger partial charge in [0, 0.05) is 11.6 Å². The minimum absolute atomic E-state index is 0.0399. The fourth-order valence-electron chi connectivity index (χ4n) is 1.72. The van der Waals surface area contributed by atoms with Crippen LogP contribution in [0.3, 0.4) is 0 Å². The summed E-state index contributed by atoms with van der Waals surface area (Å²) in [6.07, 6.45) is 3.62. The van der Waals surface area contributed by atoms with Crippen LogP contribution in [0.25, 0.3) is 0 Å². The molecule has 0 saturated carbocycles. The van der Waals surface area contributed by atoms with Crippen LogP contribution in [0.2, 0.25) is 0 Å². The summed E-state index contributed by atoms with van der Waals surface area (Å²) in [5.74, 6) is -0.129. The van der Waals surface area contributed by atoms with E-state index in [-0.39, 0.29) is 11.9 Å². The van der Waals surface area contributed by atoms with Crippen LogP contribution < -0.4 is 5.32 Å². The van der Waals surface area contributed by atoms with Crippen LogP contribution >= 0.6 is 0 Å². The first-order valence-electron chi connectivity index (χ1n) is 5.79. The molecular formula is C14H20FN. The molecule has 0 aliphatic heterocycles. The third-order valence-electron chi connectivity index (χ3n) is 2.57. The maximum Gasteiger partial charge on any atom is 0.128 e. The van der Waals surface area contributed by atoms with Gasteiger partial charge in [0.05, 0.1) is 0 Å². The summed E-state index contributed by atoms with van der Waals surface area (Å²) in [4.78, 5) is 0. The van der Waals surface area contributed by atoms with Crippen LogP contribution in [0, 0.1) is 12.7 Å². The Kier molecular flexibility index (Phi) is 5.20. The number of hydrogen-bond acceptors (Lipinski definition) is 1. The van der Waals surface area contributed by atoms with Crippen molar-refractivity contribution in [2.45, 2.75) is 32.7 Å². The summed E-state index contributed by atoms with van der Waals surface area (Å²) in [7, 11) is 0. The van der Waals surface area contributed by atoms with Crippen molar-refractivity contribution in [3.63, 3.8) is 0 Å². The van der Waals surface area contributed by atoms with Gasteiger partial charge in [-0.15, -0.1) is 6.58 Å². The largest absolute Gasteiger partial charge is 0.310 e. The van der Waals surface area contributed by atoms with Crippen molar-refractivity contribution >= 4 is 0 Å². The van der Waals surface area contributed by atoms with E-state index in [1.807, 2.05) is 25.1 Å². The first-order chi connectivity index (χ1) is 7.69. The lowest BCUT2D eigenvalue weighted by molar-refractivity contribution is 0.502. The number of rotatable bonds is 6. The van der Waals surface area contributed by atoms with E-state index in [1.165, 1.54) is 0 Å². The minimum Gasteiger partial charge on any atom is -0.310 e. The molecule has 1 nitrogen and oxygen atoms in total. The Morgan fingerprint density at radius 1 is 1.50 bits per heavy atom. The van der Waals surface area contributed by atoms with E-state index in [2.05, 4.69) is 18.8 Å². The zero-order valence-corrected chi connectivity index (χ0v) is 10.1. The summed E-state index contributed by atoms with van der Waals surface area (Å²) in [5.41, 5.74) is 1.69. The molecule has 0 heterocycles. The highest BCUT2D eigenvalue weighted by Crippen LogP contribution is 2.21. The average molecular weight is 221 g/mol.